The van der Waals surface area contributed by atoms with E-state index in [9.17, 15) is 18.0 Å². The average Bonchev–Trinajstić information content (AvgIpc) is 2.37. The zero-order valence-electron chi connectivity index (χ0n) is 11.1. The van der Waals surface area contributed by atoms with Crippen molar-refractivity contribution in [2.75, 3.05) is 25.4 Å². The Morgan fingerprint density at radius 2 is 2.00 bits per heavy atom. The summed E-state index contributed by atoms with van der Waals surface area (Å²) >= 11 is 0. The van der Waals surface area contributed by atoms with E-state index in [-0.39, 0.29) is 19.6 Å². The molecule has 0 radical (unpaired) electrons. The van der Waals surface area contributed by atoms with Crippen LogP contribution in [0.15, 0.2) is 24.3 Å². The molecular formula is C13H17F3N2O2. The van der Waals surface area contributed by atoms with Crippen molar-refractivity contribution >= 4 is 11.6 Å². The number of hydrogen-bond donors (Lipinski definition) is 1. The van der Waals surface area contributed by atoms with Crippen molar-refractivity contribution in [3.05, 3.63) is 24.3 Å². The molecule has 1 aromatic rings. The summed E-state index contributed by atoms with van der Waals surface area (Å²) in [5.41, 5.74) is 6.06. The summed E-state index contributed by atoms with van der Waals surface area (Å²) in [4.78, 5) is 12.4. The Morgan fingerprint density at radius 1 is 1.35 bits per heavy atom. The molecule has 1 rings (SSSR count). The zero-order chi connectivity index (χ0) is 15.2. The van der Waals surface area contributed by atoms with Gasteiger partial charge in [0.15, 0.2) is 0 Å². The minimum atomic E-state index is -4.39. The molecule has 0 aliphatic carbocycles. The van der Waals surface area contributed by atoms with Crippen molar-refractivity contribution in [1.29, 1.82) is 0 Å². The second kappa shape index (κ2) is 7.02. The van der Waals surface area contributed by atoms with Crippen molar-refractivity contribution in [2.45, 2.75) is 19.5 Å². The first-order valence-electron chi connectivity index (χ1n) is 6.15. The maximum atomic E-state index is 12.3. The number of nitrogen functional groups attached to an aromatic ring is 1. The molecule has 0 spiro atoms. The van der Waals surface area contributed by atoms with E-state index in [2.05, 4.69) is 0 Å². The Balaban J connectivity index is 2.44. The number of nitrogens with two attached hydrogens (primary N) is 1. The third kappa shape index (κ3) is 5.38. The maximum Gasteiger partial charge on any atom is 0.406 e. The summed E-state index contributed by atoms with van der Waals surface area (Å²) in [5.74, 6) is -0.182. The molecule has 0 aliphatic rings. The van der Waals surface area contributed by atoms with Crippen LogP contribution in [0.25, 0.3) is 0 Å². The summed E-state index contributed by atoms with van der Waals surface area (Å²) in [6.07, 6.45) is -4.52. The van der Waals surface area contributed by atoms with Crippen LogP contribution >= 0.6 is 0 Å². The van der Waals surface area contributed by atoms with Crippen molar-refractivity contribution in [3.63, 3.8) is 0 Å². The van der Waals surface area contributed by atoms with Crippen LogP contribution in [-0.2, 0) is 4.79 Å². The second-order valence-corrected chi connectivity index (χ2v) is 4.16. The molecule has 1 aromatic carbocycles. The van der Waals surface area contributed by atoms with Crippen molar-refractivity contribution in [1.82, 2.24) is 4.90 Å². The van der Waals surface area contributed by atoms with E-state index in [1.807, 2.05) is 0 Å². The lowest BCUT2D eigenvalue weighted by molar-refractivity contribution is -0.161. The van der Waals surface area contributed by atoms with Gasteiger partial charge < -0.3 is 15.4 Å². The summed E-state index contributed by atoms with van der Waals surface area (Å²) < 4.78 is 42.0. The Bertz CT molecular complexity index is 449. The van der Waals surface area contributed by atoms with Crippen molar-refractivity contribution in [3.8, 4) is 5.75 Å². The minimum Gasteiger partial charge on any atom is -0.491 e. The number of carbonyl (C=O) groups excluding carboxylic acids is 1. The lowest BCUT2D eigenvalue weighted by Gasteiger charge is -2.22. The minimum absolute atomic E-state index is 0.00577. The highest BCUT2D eigenvalue weighted by Gasteiger charge is 2.32. The molecule has 0 unspecified atom stereocenters. The maximum absolute atomic E-state index is 12.3. The number of hydrogen-bond acceptors (Lipinski definition) is 3. The van der Waals surface area contributed by atoms with Gasteiger partial charge >= 0.3 is 6.18 Å². The normalized spacial score (nSPS) is 11.2. The second-order valence-electron chi connectivity index (χ2n) is 4.16. The summed E-state index contributed by atoms with van der Waals surface area (Å²) in [5, 5.41) is 0. The lowest BCUT2D eigenvalue weighted by Crippen LogP contribution is -2.39. The van der Waals surface area contributed by atoms with E-state index in [1.165, 1.54) is 6.92 Å². The lowest BCUT2D eigenvalue weighted by atomic mass is 10.3. The molecule has 0 bridgehead atoms. The van der Waals surface area contributed by atoms with E-state index in [1.54, 1.807) is 24.3 Å². The fraction of sp³-hybridized carbons (Fsp3) is 0.462. The van der Waals surface area contributed by atoms with Crippen LogP contribution in [0.5, 0.6) is 5.75 Å². The van der Waals surface area contributed by atoms with Gasteiger partial charge in [0.2, 0.25) is 5.91 Å². The fourth-order valence-electron chi connectivity index (χ4n) is 1.61. The van der Waals surface area contributed by atoms with Gasteiger partial charge in [-0.05, 0) is 19.1 Å². The van der Waals surface area contributed by atoms with E-state index < -0.39 is 18.6 Å². The van der Waals surface area contributed by atoms with Gasteiger partial charge in [-0.25, -0.2) is 0 Å². The van der Waals surface area contributed by atoms with Crippen LogP contribution in [0.4, 0.5) is 18.9 Å². The van der Waals surface area contributed by atoms with Gasteiger partial charge in [0.25, 0.3) is 0 Å². The number of halogens is 3. The van der Waals surface area contributed by atoms with Gasteiger partial charge in [-0.3, -0.25) is 4.79 Å². The van der Waals surface area contributed by atoms with Gasteiger partial charge in [-0.15, -0.1) is 0 Å². The first-order valence-corrected chi connectivity index (χ1v) is 6.15. The average molecular weight is 290 g/mol. The summed E-state index contributed by atoms with van der Waals surface area (Å²) in [6, 6.07) is 6.72. The standard InChI is InChI=1S/C13H17F3N2O2/c1-2-18(9-13(14,15)16)12(19)7-8-20-11-6-4-3-5-10(11)17/h3-6H,2,7-9,17H2,1H3. The highest BCUT2D eigenvalue weighted by atomic mass is 19.4. The molecular weight excluding hydrogens is 273 g/mol. The number of benzene rings is 1. The molecule has 7 heteroatoms. The predicted molar refractivity (Wildman–Crippen MR) is 69.3 cm³/mol. The smallest absolute Gasteiger partial charge is 0.406 e. The van der Waals surface area contributed by atoms with Crippen LogP contribution in [-0.4, -0.2) is 36.7 Å². The fourth-order valence-corrected chi connectivity index (χ4v) is 1.61. The third-order valence-electron chi connectivity index (χ3n) is 2.60. The topological polar surface area (TPSA) is 55.6 Å². The van der Waals surface area contributed by atoms with Crippen molar-refractivity contribution in [2.24, 2.45) is 0 Å². The molecule has 0 saturated carbocycles. The Morgan fingerprint density at radius 3 is 2.55 bits per heavy atom. The molecule has 0 saturated heterocycles. The van der Waals surface area contributed by atoms with Gasteiger partial charge in [0.05, 0.1) is 18.7 Å². The molecule has 0 aliphatic heterocycles. The molecule has 4 nitrogen and oxygen atoms in total. The summed E-state index contributed by atoms with van der Waals surface area (Å²) in [7, 11) is 0. The molecule has 0 atom stereocenters. The van der Waals surface area contributed by atoms with E-state index in [0.717, 1.165) is 4.90 Å². The van der Waals surface area contributed by atoms with E-state index >= 15 is 0 Å². The zero-order valence-corrected chi connectivity index (χ0v) is 11.1. The summed E-state index contributed by atoms with van der Waals surface area (Å²) in [6.45, 7) is 0.253. The Hall–Kier alpha value is -1.92. The number of alkyl halides is 3. The van der Waals surface area contributed by atoms with Gasteiger partial charge in [-0.1, -0.05) is 12.1 Å². The SMILES string of the molecule is CCN(CC(F)(F)F)C(=O)CCOc1ccccc1N. The van der Waals surface area contributed by atoms with Crippen LogP contribution in [0.2, 0.25) is 0 Å². The van der Waals surface area contributed by atoms with Gasteiger partial charge in [0, 0.05) is 6.54 Å². The molecule has 0 fully saturated rings. The molecule has 20 heavy (non-hydrogen) atoms. The molecule has 0 aromatic heterocycles. The highest BCUT2D eigenvalue weighted by Crippen LogP contribution is 2.20. The van der Waals surface area contributed by atoms with Gasteiger partial charge in [-0.2, -0.15) is 13.2 Å². The Labute approximate surface area is 115 Å². The number of nitrogens with zero attached hydrogens (tertiary/aromatic N) is 1. The Kier molecular flexibility index (Phi) is 5.66. The molecule has 112 valence electrons. The quantitative estimate of drug-likeness (QED) is 0.819. The molecule has 0 heterocycles. The monoisotopic (exact) mass is 290 g/mol. The van der Waals surface area contributed by atoms with Crippen LogP contribution in [0.3, 0.4) is 0 Å². The van der Waals surface area contributed by atoms with E-state index in [0.29, 0.717) is 11.4 Å². The number of rotatable bonds is 6. The molecule has 1 amide bonds. The number of para-hydroxylation sites is 2. The van der Waals surface area contributed by atoms with Crippen LogP contribution < -0.4 is 10.5 Å². The number of amides is 1. The number of carbonyl (C=O) groups is 1. The van der Waals surface area contributed by atoms with Gasteiger partial charge in [0.1, 0.15) is 12.3 Å². The first-order chi connectivity index (χ1) is 9.33. The predicted octanol–water partition coefficient (Wildman–Crippen LogP) is 2.45. The number of ether oxygens (including phenoxy) is 1. The van der Waals surface area contributed by atoms with Crippen molar-refractivity contribution < 1.29 is 22.7 Å². The molecule has 2 N–H and O–H groups in total. The highest BCUT2D eigenvalue weighted by molar-refractivity contribution is 5.76. The van der Waals surface area contributed by atoms with Crippen LogP contribution in [0.1, 0.15) is 13.3 Å². The third-order valence-corrected chi connectivity index (χ3v) is 2.60. The first kappa shape index (κ1) is 16.1. The largest absolute Gasteiger partial charge is 0.491 e. The van der Waals surface area contributed by atoms with Crippen LogP contribution in [0, 0.1) is 0 Å². The van der Waals surface area contributed by atoms with E-state index in [4.69, 9.17) is 10.5 Å². The number of anilines is 1.